The SMILES string of the molecule is CC(=O)N1C(=O)N(NCc2cccnc2)Cc2cc(C(F)(C(F)(F)F)C(F)(F)F)ccc21.O.O. The van der Waals surface area contributed by atoms with Crippen molar-refractivity contribution in [1.29, 1.82) is 0 Å². The molecule has 2 heterocycles. The van der Waals surface area contributed by atoms with Gasteiger partial charge in [-0.2, -0.15) is 26.3 Å². The van der Waals surface area contributed by atoms with Gasteiger partial charge in [-0.15, -0.1) is 0 Å². The van der Waals surface area contributed by atoms with Crippen molar-refractivity contribution in [3.63, 3.8) is 0 Å². The van der Waals surface area contributed by atoms with Crippen molar-refractivity contribution in [3.8, 4) is 0 Å². The predicted molar refractivity (Wildman–Crippen MR) is 104 cm³/mol. The highest BCUT2D eigenvalue weighted by molar-refractivity contribution is 6.14. The molecular weight excluding hydrogens is 481 g/mol. The normalized spacial score (nSPS) is 14.2. The Morgan fingerprint density at radius 3 is 2.18 bits per heavy atom. The Hall–Kier alpha value is -3.30. The number of halogens is 7. The predicted octanol–water partition coefficient (Wildman–Crippen LogP) is 2.71. The Bertz CT molecular complexity index is 1020. The highest BCUT2D eigenvalue weighted by atomic mass is 19.4. The van der Waals surface area contributed by atoms with Gasteiger partial charge in [-0.1, -0.05) is 12.1 Å². The average molecular weight is 500 g/mol. The Balaban J connectivity index is 0.00000289. The monoisotopic (exact) mass is 500 g/mol. The molecule has 15 heteroatoms. The third-order valence-electron chi connectivity index (χ3n) is 4.76. The van der Waals surface area contributed by atoms with Gasteiger partial charge in [-0.25, -0.2) is 19.5 Å². The molecular formula is C19H19F7N4O4. The minimum Gasteiger partial charge on any atom is -0.412 e. The van der Waals surface area contributed by atoms with Crippen molar-refractivity contribution >= 4 is 17.6 Å². The molecule has 188 valence electrons. The molecule has 0 saturated heterocycles. The number of benzene rings is 1. The van der Waals surface area contributed by atoms with E-state index in [1.807, 2.05) is 0 Å². The number of hydrazine groups is 1. The first-order valence-electron chi connectivity index (χ1n) is 8.97. The fourth-order valence-corrected chi connectivity index (χ4v) is 3.21. The van der Waals surface area contributed by atoms with Crippen LogP contribution < -0.4 is 10.3 Å². The smallest absolute Gasteiger partial charge is 0.412 e. The van der Waals surface area contributed by atoms with Crippen molar-refractivity contribution in [2.75, 3.05) is 4.90 Å². The van der Waals surface area contributed by atoms with E-state index >= 15 is 0 Å². The van der Waals surface area contributed by atoms with Crippen LogP contribution in [0.1, 0.15) is 23.6 Å². The maximum Gasteiger partial charge on any atom is 0.435 e. The van der Waals surface area contributed by atoms with Crippen molar-refractivity contribution in [2.24, 2.45) is 0 Å². The summed E-state index contributed by atoms with van der Waals surface area (Å²) in [4.78, 5) is 29.1. The summed E-state index contributed by atoms with van der Waals surface area (Å²) in [5.74, 6) is -0.838. The number of urea groups is 1. The summed E-state index contributed by atoms with van der Waals surface area (Å²) in [6.07, 6.45) is -9.62. The molecule has 0 radical (unpaired) electrons. The van der Waals surface area contributed by atoms with E-state index in [1.54, 1.807) is 12.1 Å². The summed E-state index contributed by atoms with van der Waals surface area (Å²) < 4.78 is 93.2. The largest absolute Gasteiger partial charge is 0.435 e. The molecule has 3 amide bonds. The highest BCUT2D eigenvalue weighted by Gasteiger charge is 2.73. The molecule has 0 bridgehead atoms. The van der Waals surface area contributed by atoms with Crippen LogP contribution in [0.3, 0.4) is 0 Å². The van der Waals surface area contributed by atoms with Crippen molar-refractivity contribution < 1.29 is 51.3 Å². The molecule has 0 atom stereocenters. The number of hydrogen-bond acceptors (Lipinski definition) is 4. The number of alkyl halides is 7. The van der Waals surface area contributed by atoms with E-state index in [0.29, 0.717) is 22.6 Å². The van der Waals surface area contributed by atoms with E-state index in [9.17, 15) is 40.3 Å². The van der Waals surface area contributed by atoms with Crippen LogP contribution in [0.25, 0.3) is 0 Å². The number of carbonyl (C=O) groups is 2. The van der Waals surface area contributed by atoms with Gasteiger partial charge in [-0.3, -0.25) is 14.8 Å². The van der Waals surface area contributed by atoms with Gasteiger partial charge < -0.3 is 11.0 Å². The summed E-state index contributed by atoms with van der Waals surface area (Å²) in [5.41, 5.74) is -4.62. The molecule has 0 unspecified atom stereocenters. The van der Waals surface area contributed by atoms with Crippen molar-refractivity contribution in [3.05, 3.63) is 59.4 Å². The molecule has 1 aromatic heterocycles. The van der Waals surface area contributed by atoms with Gasteiger partial charge in [0, 0.05) is 31.4 Å². The van der Waals surface area contributed by atoms with E-state index in [4.69, 9.17) is 0 Å². The number of nitrogens with one attached hydrogen (secondary N) is 1. The summed E-state index contributed by atoms with van der Waals surface area (Å²) in [6.45, 7) is 0.488. The van der Waals surface area contributed by atoms with Gasteiger partial charge in [0.1, 0.15) is 0 Å². The lowest BCUT2D eigenvalue weighted by molar-refractivity contribution is -0.348. The molecule has 3 rings (SSSR count). The summed E-state index contributed by atoms with van der Waals surface area (Å²) in [5, 5.41) is 0.835. The molecule has 0 saturated carbocycles. The van der Waals surface area contributed by atoms with Gasteiger partial charge in [0.05, 0.1) is 12.2 Å². The number of anilines is 1. The van der Waals surface area contributed by atoms with Crippen molar-refractivity contribution in [2.45, 2.75) is 38.0 Å². The number of hydrogen-bond donors (Lipinski definition) is 1. The molecule has 1 aliphatic heterocycles. The number of nitrogens with zero attached hydrogens (tertiary/aromatic N) is 3. The lowest BCUT2D eigenvalue weighted by atomic mass is 9.91. The molecule has 2 aromatic rings. The average Bonchev–Trinajstić information content (AvgIpc) is 2.70. The van der Waals surface area contributed by atoms with Crippen LogP contribution in [0, 0.1) is 0 Å². The fourth-order valence-electron chi connectivity index (χ4n) is 3.21. The van der Waals surface area contributed by atoms with E-state index < -0.39 is 42.1 Å². The van der Waals surface area contributed by atoms with Crippen LogP contribution in [0.15, 0.2) is 42.7 Å². The standard InChI is InChI=1S/C19H15F7N4O2.2H2O/c1-11(31)30-15-5-4-14(17(20,18(21,22)23)19(24,25)26)7-13(15)10-29(16(30)32)28-9-12-3-2-6-27-8-12;;/h2-8,28H,9-10H2,1H3;2*1H2. The lowest BCUT2D eigenvalue weighted by Gasteiger charge is -2.37. The van der Waals surface area contributed by atoms with Crippen molar-refractivity contribution in [1.82, 2.24) is 15.4 Å². The molecule has 34 heavy (non-hydrogen) atoms. The quantitative estimate of drug-likeness (QED) is 0.648. The number of imide groups is 1. The second-order valence-electron chi connectivity index (χ2n) is 6.92. The van der Waals surface area contributed by atoms with Gasteiger partial charge in [0.2, 0.25) is 5.91 Å². The number of aromatic nitrogens is 1. The Morgan fingerprint density at radius 1 is 1.06 bits per heavy atom. The molecule has 0 spiro atoms. The number of amides is 3. The molecule has 0 aliphatic carbocycles. The van der Waals surface area contributed by atoms with Crippen LogP contribution in [-0.4, -0.2) is 45.2 Å². The second-order valence-corrected chi connectivity index (χ2v) is 6.92. The summed E-state index contributed by atoms with van der Waals surface area (Å²) in [7, 11) is 0. The number of carbonyl (C=O) groups excluding carboxylic acids is 2. The molecule has 5 N–H and O–H groups in total. The highest BCUT2D eigenvalue weighted by Crippen LogP contribution is 2.53. The van der Waals surface area contributed by atoms with Crippen LogP contribution in [0.2, 0.25) is 0 Å². The van der Waals surface area contributed by atoms with E-state index in [1.165, 1.54) is 12.4 Å². The first kappa shape index (κ1) is 28.7. The van der Waals surface area contributed by atoms with Crippen LogP contribution in [-0.2, 0) is 23.6 Å². The minimum atomic E-state index is -6.29. The number of rotatable bonds is 4. The Kier molecular flexibility index (Phi) is 8.37. The van der Waals surface area contributed by atoms with Crippen LogP contribution in [0.5, 0.6) is 0 Å². The fraction of sp³-hybridized carbons (Fsp3) is 0.316. The first-order chi connectivity index (χ1) is 14.8. The van der Waals surface area contributed by atoms with Crippen LogP contribution in [0.4, 0.5) is 41.2 Å². The topological polar surface area (TPSA) is 129 Å². The Morgan fingerprint density at radius 2 is 1.68 bits per heavy atom. The number of pyridine rings is 1. The van der Waals surface area contributed by atoms with Gasteiger partial charge in [-0.05, 0) is 29.3 Å². The second kappa shape index (κ2) is 9.90. The van der Waals surface area contributed by atoms with Gasteiger partial charge in [0.25, 0.3) is 0 Å². The van der Waals surface area contributed by atoms with Gasteiger partial charge in [0.15, 0.2) is 0 Å². The minimum absolute atomic E-state index is 0. The van der Waals surface area contributed by atoms with Gasteiger partial charge >= 0.3 is 24.1 Å². The third kappa shape index (κ3) is 4.95. The van der Waals surface area contributed by atoms with E-state index in [-0.39, 0.29) is 34.8 Å². The molecule has 1 aromatic carbocycles. The van der Waals surface area contributed by atoms with E-state index in [0.717, 1.165) is 11.9 Å². The number of fused-ring (bicyclic) bond motifs is 1. The maximum absolute atomic E-state index is 14.5. The third-order valence-corrected chi connectivity index (χ3v) is 4.76. The first-order valence-corrected chi connectivity index (χ1v) is 8.97. The summed E-state index contributed by atoms with van der Waals surface area (Å²) in [6, 6.07) is 3.66. The lowest BCUT2D eigenvalue weighted by Crippen LogP contribution is -2.54. The zero-order valence-electron chi connectivity index (χ0n) is 17.3. The Labute approximate surface area is 187 Å². The van der Waals surface area contributed by atoms with E-state index in [2.05, 4.69) is 10.4 Å². The molecule has 0 fully saturated rings. The van der Waals surface area contributed by atoms with Crippen LogP contribution >= 0.6 is 0 Å². The maximum atomic E-state index is 14.5. The molecule has 8 nitrogen and oxygen atoms in total. The summed E-state index contributed by atoms with van der Waals surface area (Å²) >= 11 is 0. The zero-order valence-corrected chi connectivity index (χ0v) is 17.3. The molecule has 1 aliphatic rings. The zero-order chi connectivity index (χ0) is 23.9.